The van der Waals surface area contributed by atoms with Crippen molar-refractivity contribution in [3.05, 3.63) is 23.8 Å². The van der Waals surface area contributed by atoms with Crippen LogP contribution in [0.5, 0.6) is 0 Å². The summed E-state index contributed by atoms with van der Waals surface area (Å²) in [5.41, 5.74) is 1.31. The lowest BCUT2D eigenvalue weighted by atomic mass is 9.82. The van der Waals surface area contributed by atoms with Crippen molar-refractivity contribution in [3.8, 4) is 0 Å². The highest BCUT2D eigenvalue weighted by Gasteiger charge is 2.22. The van der Waals surface area contributed by atoms with E-state index in [1.54, 1.807) is 0 Å². The highest BCUT2D eigenvalue weighted by Crippen LogP contribution is 2.34. The molecule has 1 heterocycles. The van der Waals surface area contributed by atoms with Gasteiger partial charge in [-0.3, -0.25) is 0 Å². The first kappa shape index (κ1) is 14.4. The Labute approximate surface area is 117 Å². The van der Waals surface area contributed by atoms with Gasteiger partial charge in [-0.1, -0.05) is 19.8 Å². The van der Waals surface area contributed by atoms with Crippen LogP contribution in [-0.4, -0.2) is 15.5 Å². The van der Waals surface area contributed by atoms with Crippen LogP contribution in [0.25, 0.3) is 0 Å². The van der Waals surface area contributed by atoms with Crippen molar-refractivity contribution in [1.29, 1.82) is 0 Å². The van der Waals surface area contributed by atoms with Gasteiger partial charge in [-0.05, 0) is 39.5 Å². The molecule has 0 aliphatic heterocycles. The number of hydrogen-bond acceptors (Lipinski definition) is 3. The third-order valence-corrected chi connectivity index (χ3v) is 3.85. The molecule has 1 N–H and O–H groups in total. The number of aromatic nitrogens is 2. The maximum atomic E-state index is 4.59. The van der Waals surface area contributed by atoms with Gasteiger partial charge in [0.2, 0.25) is 0 Å². The van der Waals surface area contributed by atoms with E-state index in [4.69, 9.17) is 0 Å². The predicted octanol–water partition coefficient (Wildman–Crippen LogP) is 3.66. The molecule has 0 radical (unpaired) electrons. The Bertz CT molecular complexity index is 391. The van der Waals surface area contributed by atoms with Crippen LogP contribution in [-0.2, 0) is 6.54 Å². The first-order valence-electron chi connectivity index (χ1n) is 7.50. The zero-order valence-corrected chi connectivity index (χ0v) is 12.7. The second kappa shape index (κ2) is 6.00. The smallest absolute Gasteiger partial charge is 0.131 e. The second-order valence-electron chi connectivity index (χ2n) is 7.02. The van der Waals surface area contributed by atoms with Crippen molar-refractivity contribution in [3.63, 3.8) is 0 Å². The van der Waals surface area contributed by atoms with Crippen molar-refractivity contribution < 1.29 is 0 Å². The van der Waals surface area contributed by atoms with Crippen LogP contribution >= 0.6 is 0 Å². The molecule has 0 aromatic carbocycles. The fourth-order valence-corrected chi connectivity index (χ4v) is 2.70. The molecule has 0 saturated heterocycles. The van der Waals surface area contributed by atoms with Crippen molar-refractivity contribution in [2.45, 2.75) is 71.4 Å². The quantitative estimate of drug-likeness (QED) is 0.902. The van der Waals surface area contributed by atoms with Crippen LogP contribution in [0.15, 0.2) is 12.4 Å². The van der Waals surface area contributed by atoms with E-state index in [9.17, 15) is 0 Å². The topological polar surface area (TPSA) is 37.8 Å². The van der Waals surface area contributed by atoms with E-state index < -0.39 is 0 Å². The molecule has 1 aliphatic carbocycles. The summed E-state index contributed by atoms with van der Waals surface area (Å²) < 4.78 is 0. The predicted molar refractivity (Wildman–Crippen MR) is 79.0 cm³/mol. The minimum absolute atomic E-state index is 0.136. The fourth-order valence-electron chi connectivity index (χ4n) is 2.70. The van der Waals surface area contributed by atoms with Gasteiger partial charge < -0.3 is 5.32 Å². The van der Waals surface area contributed by atoms with Crippen molar-refractivity contribution in [2.75, 3.05) is 0 Å². The zero-order valence-electron chi connectivity index (χ0n) is 12.7. The van der Waals surface area contributed by atoms with Crippen LogP contribution in [0.1, 0.15) is 70.7 Å². The Morgan fingerprint density at radius 1 is 1.21 bits per heavy atom. The maximum absolute atomic E-state index is 4.59. The molecule has 1 saturated carbocycles. The summed E-state index contributed by atoms with van der Waals surface area (Å²) in [6, 6.07) is 0. The molecule has 0 bridgehead atoms. The molecule has 2 unspecified atom stereocenters. The van der Waals surface area contributed by atoms with Crippen molar-refractivity contribution in [2.24, 2.45) is 5.92 Å². The second-order valence-corrected chi connectivity index (χ2v) is 7.02. The van der Waals surface area contributed by atoms with Gasteiger partial charge in [0.05, 0.1) is 0 Å². The fraction of sp³-hybridized carbons (Fsp3) is 0.750. The molecule has 0 spiro atoms. The number of rotatable bonds is 3. The van der Waals surface area contributed by atoms with E-state index in [2.05, 4.69) is 43.0 Å². The van der Waals surface area contributed by atoms with Gasteiger partial charge in [-0.15, -0.1) is 0 Å². The lowest BCUT2D eigenvalue weighted by Crippen LogP contribution is -2.35. The third-order valence-electron chi connectivity index (χ3n) is 3.85. The van der Waals surface area contributed by atoms with Crippen LogP contribution in [0.2, 0.25) is 0 Å². The van der Waals surface area contributed by atoms with E-state index in [1.807, 2.05) is 12.4 Å². The summed E-state index contributed by atoms with van der Waals surface area (Å²) in [4.78, 5) is 9.17. The monoisotopic (exact) mass is 261 g/mol. The van der Waals surface area contributed by atoms with E-state index in [-0.39, 0.29) is 5.54 Å². The van der Waals surface area contributed by atoms with Crippen molar-refractivity contribution in [1.82, 2.24) is 15.3 Å². The summed E-state index contributed by atoms with van der Waals surface area (Å²) in [5.74, 6) is 2.45. The molecule has 0 amide bonds. The van der Waals surface area contributed by atoms with Gasteiger partial charge >= 0.3 is 0 Å². The standard InChI is InChI=1S/C16H27N3/c1-12-6-5-7-14(8-12)15-17-9-13(10-18-15)11-19-16(2,3)4/h9-10,12,14,19H,5-8,11H2,1-4H3. The molecule has 1 fully saturated rings. The van der Waals surface area contributed by atoms with Gasteiger partial charge in [0.1, 0.15) is 5.82 Å². The largest absolute Gasteiger partial charge is 0.308 e. The molecule has 19 heavy (non-hydrogen) atoms. The summed E-state index contributed by atoms with van der Waals surface area (Å²) >= 11 is 0. The molecular formula is C16H27N3. The van der Waals surface area contributed by atoms with Crippen LogP contribution < -0.4 is 5.32 Å². The van der Waals surface area contributed by atoms with Crippen LogP contribution in [0.4, 0.5) is 0 Å². The zero-order chi connectivity index (χ0) is 13.9. The Balaban J connectivity index is 1.94. The molecule has 3 heteroatoms. The van der Waals surface area contributed by atoms with Gasteiger partial charge in [0.25, 0.3) is 0 Å². The van der Waals surface area contributed by atoms with E-state index in [0.29, 0.717) is 5.92 Å². The Morgan fingerprint density at radius 2 is 1.89 bits per heavy atom. The molecule has 1 aromatic rings. The molecule has 2 rings (SSSR count). The highest BCUT2D eigenvalue weighted by atomic mass is 15.0. The number of nitrogens with zero attached hydrogens (tertiary/aromatic N) is 2. The van der Waals surface area contributed by atoms with E-state index in [1.165, 1.54) is 31.2 Å². The minimum atomic E-state index is 0.136. The molecule has 1 aliphatic rings. The molecule has 1 aromatic heterocycles. The minimum Gasteiger partial charge on any atom is -0.308 e. The number of hydrogen-bond donors (Lipinski definition) is 1. The molecule has 3 nitrogen and oxygen atoms in total. The van der Waals surface area contributed by atoms with Gasteiger partial charge in [0.15, 0.2) is 0 Å². The Hall–Kier alpha value is -0.960. The molecule has 106 valence electrons. The van der Waals surface area contributed by atoms with Gasteiger partial charge in [0, 0.05) is 36.0 Å². The molecular weight excluding hydrogens is 234 g/mol. The van der Waals surface area contributed by atoms with Crippen LogP contribution in [0.3, 0.4) is 0 Å². The summed E-state index contributed by atoms with van der Waals surface area (Å²) in [7, 11) is 0. The average molecular weight is 261 g/mol. The van der Waals surface area contributed by atoms with Gasteiger partial charge in [-0.25, -0.2) is 9.97 Å². The Kier molecular flexibility index (Phi) is 4.56. The van der Waals surface area contributed by atoms with Gasteiger partial charge in [-0.2, -0.15) is 0 Å². The summed E-state index contributed by atoms with van der Waals surface area (Å²) in [6.45, 7) is 9.70. The SMILES string of the molecule is CC1CCCC(c2ncc(CNC(C)(C)C)cn2)C1. The summed E-state index contributed by atoms with van der Waals surface area (Å²) in [6.07, 6.45) is 9.16. The lowest BCUT2D eigenvalue weighted by molar-refractivity contribution is 0.335. The third kappa shape index (κ3) is 4.57. The van der Waals surface area contributed by atoms with E-state index >= 15 is 0 Å². The first-order valence-corrected chi connectivity index (χ1v) is 7.50. The van der Waals surface area contributed by atoms with Crippen LogP contribution in [0, 0.1) is 5.92 Å². The lowest BCUT2D eigenvalue weighted by Gasteiger charge is -2.25. The maximum Gasteiger partial charge on any atom is 0.131 e. The van der Waals surface area contributed by atoms with Crippen molar-refractivity contribution >= 4 is 0 Å². The summed E-state index contributed by atoms with van der Waals surface area (Å²) in [5, 5.41) is 3.46. The highest BCUT2D eigenvalue weighted by molar-refractivity contribution is 5.08. The normalized spacial score (nSPS) is 24.4. The first-order chi connectivity index (χ1) is 8.94. The Morgan fingerprint density at radius 3 is 2.47 bits per heavy atom. The molecule has 2 atom stereocenters. The number of nitrogens with one attached hydrogen (secondary N) is 1. The average Bonchev–Trinajstić information content (AvgIpc) is 2.36. The van der Waals surface area contributed by atoms with E-state index in [0.717, 1.165) is 18.3 Å².